The minimum absolute atomic E-state index is 0.0429. The van der Waals surface area contributed by atoms with Crippen LogP contribution >= 0.6 is 0 Å². The van der Waals surface area contributed by atoms with Gasteiger partial charge in [-0.2, -0.15) is 4.98 Å². The third kappa shape index (κ3) is 3.28. The van der Waals surface area contributed by atoms with Gasteiger partial charge < -0.3 is 19.0 Å². The van der Waals surface area contributed by atoms with E-state index in [1.54, 1.807) is 24.2 Å². The summed E-state index contributed by atoms with van der Waals surface area (Å²) in [6.07, 6.45) is 4.48. The number of imidazole rings is 1. The summed E-state index contributed by atoms with van der Waals surface area (Å²) in [5, 5.41) is 13.3. The smallest absolute Gasteiger partial charge is 0.325 e. The lowest BCUT2D eigenvalue weighted by Crippen LogP contribution is -2.44. The third-order valence-electron chi connectivity index (χ3n) is 4.56. The Balaban J connectivity index is 1.64. The fourth-order valence-electron chi connectivity index (χ4n) is 3.02. The number of hydrogen-bond donors (Lipinski definition) is 2. The number of rotatable bonds is 3. The number of amides is 2. The fourth-order valence-corrected chi connectivity index (χ4v) is 3.02. The molecule has 0 radical (unpaired) electrons. The van der Waals surface area contributed by atoms with Gasteiger partial charge in [0.1, 0.15) is 17.7 Å². The van der Waals surface area contributed by atoms with E-state index >= 15 is 0 Å². The molecule has 3 heterocycles. The Hall–Kier alpha value is -2.35. The lowest BCUT2D eigenvalue weighted by atomic mass is 9.92. The number of carbonyl (C=O) groups excluding carboxylic acids is 1. The molecule has 1 aliphatic rings. The molecule has 2 amide bonds. The van der Waals surface area contributed by atoms with Gasteiger partial charge in [-0.15, -0.1) is 0 Å². The Morgan fingerprint density at radius 2 is 2.29 bits per heavy atom. The topological polar surface area (TPSA) is 96.4 Å². The molecule has 2 atom stereocenters. The number of anilines is 1. The number of aromatic nitrogens is 3. The lowest BCUT2D eigenvalue weighted by Gasteiger charge is -2.34. The molecule has 8 nitrogen and oxygen atoms in total. The van der Waals surface area contributed by atoms with Crippen molar-refractivity contribution in [3.8, 4) is 0 Å². The van der Waals surface area contributed by atoms with Gasteiger partial charge in [-0.1, -0.05) is 0 Å². The Labute approximate surface area is 140 Å². The molecule has 2 unspecified atom stereocenters. The molecule has 1 fully saturated rings. The van der Waals surface area contributed by atoms with E-state index in [-0.39, 0.29) is 18.0 Å². The second-order valence-corrected chi connectivity index (χ2v) is 6.28. The molecule has 8 heteroatoms. The molecule has 0 saturated carbocycles. The zero-order valence-corrected chi connectivity index (χ0v) is 14.2. The van der Waals surface area contributed by atoms with Crippen molar-refractivity contribution >= 4 is 12.0 Å². The van der Waals surface area contributed by atoms with Crippen LogP contribution in [-0.4, -0.2) is 43.7 Å². The second-order valence-electron chi connectivity index (χ2n) is 6.28. The van der Waals surface area contributed by atoms with Crippen LogP contribution in [0.4, 0.5) is 10.8 Å². The van der Waals surface area contributed by atoms with E-state index in [9.17, 15) is 9.90 Å². The quantitative estimate of drug-likeness (QED) is 0.895. The molecule has 2 N–H and O–H groups in total. The molecule has 0 aromatic carbocycles. The van der Waals surface area contributed by atoms with Crippen LogP contribution in [0.15, 0.2) is 16.8 Å². The van der Waals surface area contributed by atoms with E-state index in [2.05, 4.69) is 15.3 Å². The van der Waals surface area contributed by atoms with Gasteiger partial charge in [0.15, 0.2) is 0 Å². The molecular weight excluding hydrogens is 310 g/mol. The highest BCUT2D eigenvalue weighted by molar-refractivity contribution is 5.87. The number of piperidine rings is 1. The maximum atomic E-state index is 12.4. The van der Waals surface area contributed by atoms with E-state index in [4.69, 9.17) is 4.42 Å². The van der Waals surface area contributed by atoms with Crippen LogP contribution in [0.3, 0.4) is 0 Å². The largest absolute Gasteiger partial charge is 0.428 e. The van der Waals surface area contributed by atoms with E-state index in [0.717, 1.165) is 18.5 Å². The number of likely N-dealkylation sites (tertiary alicyclic amines) is 1. The van der Waals surface area contributed by atoms with Gasteiger partial charge in [-0.25, -0.2) is 9.78 Å². The molecule has 130 valence electrons. The van der Waals surface area contributed by atoms with Gasteiger partial charge in [0.05, 0.1) is 5.69 Å². The third-order valence-corrected chi connectivity index (χ3v) is 4.56. The molecule has 24 heavy (non-hydrogen) atoms. The summed E-state index contributed by atoms with van der Waals surface area (Å²) < 4.78 is 7.20. The first-order valence-corrected chi connectivity index (χ1v) is 8.11. The first-order valence-electron chi connectivity index (χ1n) is 8.11. The normalized spacial score (nSPS) is 19.3. The number of urea groups is 1. The van der Waals surface area contributed by atoms with Crippen LogP contribution in [-0.2, 0) is 7.05 Å². The summed E-state index contributed by atoms with van der Waals surface area (Å²) in [7, 11) is 1.85. The van der Waals surface area contributed by atoms with Gasteiger partial charge in [-0.05, 0) is 26.7 Å². The molecule has 0 bridgehead atoms. The van der Waals surface area contributed by atoms with E-state index < -0.39 is 6.10 Å². The number of aliphatic hydroxyl groups excluding tert-OH is 1. The van der Waals surface area contributed by atoms with Gasteiger partial charge in [-0.3, -0.25) is 5.32 Å². The molecule has 1 aliphatic heterocycles. The highest BCUT2D eigenvalue weighted by Gasteiger charge is 2.31. The lowest BCUT2D eigenvalue weighted by molar-refractivity contribution is 0.0552. The average Bonchev–Trinajstić information content (AvgIpc) is 3.12. The SMILES string of the molecule is Cc1nc(NC(=O)N2CCCC(C(O)c3nccn3C)C2)oc1C. The van der Waals surface area contributed by atoms with Crippen LogP contribution in [0.2, 0.25) is 0 Å². The van der Waals surface area contributed by atoms with Crippen molar-refractivity contribution in [3.05, 3.63) is 29.7 Å². The number of hydrogen-bond acceptors (Lipinski definition) is 5. The van der Waals surface area contributed by atoms with Crippen molar-refractivity contribution in [1.29, 1.82) is 0 Å². The van der Waals surface area contributed by atoms with E-state index in [1.807, 2.05) is 18.5 Å². The molecule has 2 aromatic rings. The highest BCUT2D eigenvalue weighted by Crippen LogP contribution is 2.29. The average molecular weight is 333 g/mol. The van der Waals surface area contributed by atoms with Crippen LogP contribution in [0, 0.1) is 19.8 Å². The van der Waals surface area contributed by atoms with Crippen molar-refractivity contribution in [2.75, 3.05) is 18.4 Å². The number of aliphatic hydroxyl groups is 1. The molecule has 0 aliphatic carbocycles. The minimum Gasteiger partial charge on any atom is -0.428 e. The molecular formula is C16H23N5O3. The van der Waals surface area contributed by atoms with Crippen LogP contribution in [0.1, 0.15) is 36.2 Å². The predicted molar refractivity (Wildman–Crippen MR) is 87.5 cm³/mol. The second kappa shape index (κ2) is 6.64. The number of carbonyl (C=O) groups is 1. The summed E-state index contributed by atoms with van der Waals surface area (Å²) in [5.74, 6) is 1.27. The number of nitrogens with zero attached hydrogens (tertiary/aromatic N) is 4. The van der Waals surface area contributed by atoms with Gasteiger partial charge in [0.25, 0.3) is 0 Å². The van der Waals surface area contributed by atoms with Crippen molar-refractivity contribution < 1.29 is 14.3 Å². The zero-order chi connectivity index (χ0) is 17.3. The number of aryl methyl sites for hydroxylation is 3. The standard InChI is InChI=1S/C16H23N5O3/c1-10-11(2)24-15(18-10)19-16(23)21-7-4-5-12(9-21)13(22)14-17-6-8-20(14)3/h6,8,12-13,22H,4-5,7,9H2,1-3H3,(H,18,19,23). The predicted octanol–water partition coefficient (Wildman–Crippen LogP) is 2.00. The highest BCUT2D eigenvalue weighted by atomic mass is 16.4. The Morgan fingerprint density at radius 3 is 2.92 bits per heavy atom. The Morgan fingerprint density at radius 1 is 1.50 bits per heavy atom. The molecule has 2 aromatic heterocycles. The zero-order valence-electron chi connectivity index (χ0n) is 14.2. The molecule has 3 rings (SSSR count). The summed E-state index contributed by atoms with van der Waals surface area (Å²) >= 11 is 0. The van der Waals surface area contributed by atoms with Crippen molar-refractivity contribution in [1.82, 2.24) is 19.4 Å². The summed E-state index contributed by atoms with van der Waals surface area (Å²) in [5.41, 5.74) is 0.757. The molecule has 1 saturated heterocycles. The Bertz CT molecular complexity index is 704. The van der Waals surface area contributed by atoms with E-state index in [0.29, 0.717) is 24.7 Å². The maximum Gasteiger partial charge on any atom is 0.325 e. The summed E-state index contributed by atoms with van der Waals surface area (Å²) in [6, 6.07) is -0.0465. The number of nitrogens with one attached hydrogen (secondary N) is 1. The van der Waals surface area contributed by atoms with Crippen molar-refractivity contribution in [2.45, 2.75) is 32.8 Å². The van der Waals surface area contributed by atoms with Gasteiger partial charge >= 0.3 is 12.0 Å². The van der Waals surface area contributed by atoms with Crippen molar-refractivity contribution in [2.24, 2.45) is 13.0 Å². The van der Waals surface area contributed by atoms with Crippen LogP contribution < -0.4 is 5.32 Å². The Kier molecular flexibility index (Phi) is 4.57. The first kappa shape index (κ1) is 16.5. The van der Waals surface area contributed by atoms with Crippen LogP contribution in [0.25, 0.3) is 0 Å². The van der Waals surface area contributed by atoms with Crippen LogP contribution in [0.5, 0.6) is 0 Å². The maximum absolute atomic E-state index is 12.4. The molecule has 0 spiro atoms. The van der Waals surface area contributed by atoms with Gasteiger partial charge in [0, 0.05) is 38.4 Å². The summed E-state index contributed by atoms with van der Waals surface area (Å²) in [4.78, 5) is 22.5. The van der Waals surface area contributed by atoms with E-state index in [1.165, 1.54) is 0 Å². The first-order chi connectivity index (χ1) is 11.5. The minimum atomic E-state index is -0.688. The van der Waals surface area contributed by atoms with Gasteiger partial charge in [0.2, 0.25) is 0 Å². The van der Waals surface area contributed by atoms with Crippen molar-refractivity contribution in [3.63, 3.8) is 0 Å². The monoisotopic (exact) mass is 333 g/mol. The fraction of sp³-hybridized carbons (Fsp3) is 0.562. The number of oxazole rings is 1. The summed E-state index contributed by atoms with van der Waals surface area (Å²) in [6.45, 7) is 4.75.